The zero-order valence-electron chi connectivity index (χ0n) is 14.5. The van der Waals surface area contributed by atoms with Crippen molar-refractivity contribution in [3.05, 3.63) is 29.3 Å². The molecule has 5 rings (SSSR count). The van der Waals surface area contributed by atoms with Crippen LogP contribution in [0.1, 0.15) is 29.9 Å². The number of carbonyl (C=O) groups excluding carboxylic acids is 1. The highest BCUT2D eigenvalue weighted by atomic mass is 16.5. The summed E-state index contributed by atoms with van der Waals surface area (Å²) in [5, 5.41) is 4.01. The van der Waals surface area contributed by atoms with E-state index in [0.29, 0.717) is 13.1 Å². The number of nitrogens with zero attached hydrogens (tertiary/aromatic N) is 5. The molecule has 2 aromatic heterocycles. The third-order valence-electron chi connectivity index (χ3n) is 5.29. The summed E-state index contributed by atoms with van der Waals surface area (Å²) in [6, 6.07) is 2.00. The summed E-state index contributed by atoms with van der Waals surface area (Å²) in [7, 11) is 0. The molecule has 3 fully saturated rings. The van der Waals surface area contributed by atoms with Gasteiger partial charge in [-0.2, -0.15) is 4.98 Å². The minimum Gasteiger partial charge on any atom is -0.368 e. The van der Waals surface area contributed by atoms with E-state index in [1.54, 1.807) is 6.20 Å². The normalized spacial score (nSPS) is 23.2. The number of anilines is 2. The molecule has 0 aromatic carbocycles. The molecule has 8 heteroatoms. The lowest BCUT2D eigenvalue weighted by molar-refractivity contribution is -0.140. The summed E-state index contributed by atoms with van der Waals surface area (Å²) in [6.45, 7) is 5.79. The third-order valence-corrected chi connectivity index (χ3v) is 5.29. The molecule has 1 amide bonds. The molecule has 0 radical (unpaired) electrons. The van der Waals surface area contributed by atoms with Gasteiger partial charge in [-0.05, 0) is 32.8 Å². The maximum absolute atomic E-state index is 13.0. The van der Waals surface area contributed by atoms with Gasteiger partial charge in [0.05, 0.1) is 18.2 Å². The van der Waals surface area contributed by atoms with Gasteiger partial charge >= 0.3 is 0 Å². The molecule has 2 aromatic rings. The van der Waals surface area contributed by atoms with Gasteiger partial charge in [0.25, 0.3) is 0 Å². The number of nitrogens with two attached hydrogens (primary N) is 1. The number of nitrogen functional groups attached to an aromatic ring is 1. The number of piperidine rings is 1. The fourth-order valence-electron chi connectivity index (χ4n) is 3.87. The minimum absolute atomic E-state index is 0.0181. The molecule has 0 spiro atoms. The molecule has 2 atom stereocenters. The van der Waals surface area contributed by atoms with E-state index in [-0.39, 0.29) is 23.8 Å². The molecular formula is C17H22N6O2. The van der Waals surface area contributed by atoms with Crippen molar-refractivity contribution in [2.45, 2.75) is 39.3 Å². The second kappa shape index (κ2) is 6.02. The molecule has 0 unspecified atom stereocenters. The first-order valence-corrected chi connectivity index (χ1v) is 8.58. The Kier molecular flexibility index (Phi) is 3.82. The zero-order valence-corrected chi connectivity index (χ0v) is 14.5. The Balaban J connectivity index is 1.61. The van der Waals surface area contributed by atoms with E-state index in [4.69, 9.17) is 10.3 Å². The number of aromatic nitrogens is 3. The highest BCUT2D eigenvalue weighted by Gasteiger charge is 2.41. The molecular weight excluding hydrogens is 320 g/mol. The van der Waals surface area contributed by atoms with Crippen molar-refractivity contribution >= 4 is 17.7 Å². The summed E-state index contributed by atoms with van der Waals surface area (Å²) in [4.78, 5) is 25.4. The topological polar surface area (TPSA) is 101 Å². The molecule has 25 heavy (non-hydrogen) atoms. The predicted molar refractivity (Wildman–Crippen MR) is 91.7 cm³/mol. The lowest BCUT2D eigenvalue weighted by atomic mass is 9.93. The van der Waals surface area contributed by atoms with Crippen LogP contribution in [0.2, 0.25) is 0 Å². The first-order chi connectivity index (χ1) is 12.0. The van der Waals surface area contributed by atoms with E-state index >= 15 is 0 Å². The van der Waals surface area contributed by atoms with Crippen LogP contribution in [0.5, 0.6) is 0 Å². The maximum Gasteiger partial charge on any atom is 0.228 e. The third kappa shape index (κ3) is 2.81. The van der Waals surface area contributed by atoms with Crippen LogP contribution < -0.4 is 10.6 Å². The summed E-state index contributed by atoms with van der Waals surface area (Å²) in [5.74, 6) is 2.02. The van der Waals surface area contributed by atoms with Crippen LogP contribution in [0.15, 0.2) is 16.8 Å². The Morgan fingerprint density at radius 2 is 2.16 bits per heavy atom. The van der Waals surface area contributed by atoms with Crippen LogP contribution in [-0.2, 0) is 11.3 Å². The van der Waals surface area contributed by atoms with Crippen LogP contribution in [0.25, 0.3) is 0 Å². The molecule has 132 valence electrons. The van der Waals surface area contributed by atoms with Gasteiger partial charge in [-0.3, -0.25) is 4.79 Å². The monoisotopic (exact) mass is 342 g/mol. The van der Waals surface area contributed by atoms with Crippen molar-refractivity contribution in [3.8, 4) is 0 Å². The van der Waals surface area contributed by atoms with Gasteiger partial charge in [-0.25, -0.2) is 4.98 Å². The van der Waals surface area contributed by atoms with E-state index in [0.717, 1.165) is 42.2 Å². The number of carbonyl (C=O) groups is 1. The average molecular weight is 342 g/mol. The molecule has 0 saturated carbocycles. The number of rotatable bonds is 3. The number of amides is 1. The lowest BCUT2D eigenvalue weighted by Crippen LogP contribution is -2.47. The SMILES string of the molecule is Cc1noc(C)c1CN1C(=O)[C@H]2CC[C@@H]1CN(c1ccnc(N)n1)C2. The van der Waals surface area contributed by atoms with Gasteiger partial charge in [0, 0.05) is 30.9 Å². The van der Waals surface area contributed by atoms with E-state index in [9.17, 15) is 4.79 Å². The van der Waals surface area contributed by atoms with Crippen molar-refractivity contribution in [1.82, 2.24) is 20.0 Å². The molecule has 3 saturated heterocycles. The van der Waals surface area contributed by atoms with Crippen molar-refractivity contribution in [2.75, 3.05) is 23.7 Å². The first-order valence-electron chi connectivity index (χ1n) is 8.58. The zero-order chi connectivity index (χ0) is 17.6. The van der Waals surface area contributed by atoms with Crippen LogP contribution in [0, 0.1) is 19.8 Å². The largest absolute Gasteiger partial charge is 0.368 e. The van der Waals surface area contributed by atoms with Crippen LogP contribution >= 0.6 is 0 Å². The van der Waals surface area contributed by atoms with Gasteiger partial charge in [-0.15, -0.1) is 0 Å². The summed E-state index contributed by atoms with van der Waals surface area (Å²) in [6.07, 6.45) is 3.57. The molecule has 5 heterocycles. The molecule has 3 aliphatic heterocycles. The number of fused-ring (bicyclic) bond motifs is 4. The molecule has 0 aliphatic carbocycles. The number of hydrogen-bond donors (Lipinski definition) is 1. The Bertz CT molecular complexity index is 785. The van der Waals surface area contributed by atoms with Crippen LogP contribution in [0.4, 0.5) is 11.8 Å². The highest BCUT2D eigenvalue weighted by Crippen LogP contribution is 2.33. The van der Waals surface area contributed by atoms with Crippen LogP contribution in [-0.4, -0.2) is 45.1 Å². The van der Waals surface area contributed by atoms with E-state index in [2.05, 4.69) is 20.0 Å². The van der Waals surface area contributed by atoms with E-state index in [1.807, 2.05) is 24.8 Å². The van der Waals surface area contributed by atoms with Gasteiger partial charge in [0.2, 0.25) is 11.9 Å². The lowest BCUT2D eigenvalue weighted by Gasteiger charge is -2.35. The summed E-state index contributed by atoms with van der Waals surface area (Å²) < 4.78 is 5.26. The predicted octanol–water partition coefficient (Wildman–Crippen LogP) is 1.29. The Labute approximate surface area is 146 Å². The van der Waals surface area contributed by atoms with Crippen molar-refractivity contribution in [3.63, 3.8) is 0 Å². The molecule has 2 N–H and O–H groups in total. The average Bonchev–Trinajstić information content (AvgIpc) is 2.78. The van der Waals surface area contributed by atoms with E-state index in [1.165, 1.54) is 0 Å². The highest BCUT2D eigenvalue weighted by molar-refractivity contribution is 5.81. The molecule has 8 nitrogen and oxygen atoms in total. The van der Waals surface area contributed by atoms with Gasteiger partial charge in [-0.1, -0.05) is 5.16 Å². The fraction of sp³-hybridized carbons (Fsp3) is 0.529. The second-order valence-electron chi connectivity index (χ2n) is 6.87. The second-order valence-corrected chi connectivity index (χ2v) is 6.87. The molecule has 3 aliphatic rings. The van der Waals surface area contributed by atoms with E-state index < -0.39 is 0 Å². The van der Waals surface area contributed by atoms with Gasteiger partial charge < -0.3 is 20.1 Å². The summed E-state index contributed by atoms with van der Waals surface area (Å²) in [5.41, 5.74) is 7.59. The smallest absolute Gasteiger partial charge is 0.228 e. The summed E-state index contributed by atoms with van der Waals surface area (Å²) >= 11 is 0. The number of aryl methyl sites for hydroxylation is 2. The van der Waals surface area contributed by atoms with Crippen molar-refractivity contribution in [2.24, 2.45) is 5.92 Å². The number of hydrogen-bond acceptors (Lipinski definition) is 7. The van der Waals surface area contributed by atoms with Gasteiger partial charge in [0.1, 0.15) is 11.6 Å². The fourth-order valence-corrected chi connectivity index (χ4v) is 3.87. The minimum atomic E-state index is -0.0181. The molecule has 2 bridgehead atoms. The Hall–Kier alpha value is -2.64. The standard InChI is InChI=1S/C17H22N6O2/c1-10-14(11(2)25-21-10)9-23-13-4-3-12(16(23)24)7-22(8-13)15-5-6-19-17(18)20-15/h5-6,12-13H,3-4,7-9H2,1-2H3,(H2,18,19,20)/t12-,13+/m0/s1. The quantitative estimate of drug-likeness (QED) is 0.897. The van der Waals surface area contributed by atoms with Gasteiger partial charge in [0.15, 0.2) is 0 Å². The van der Waals surface area contributed by atoms with Crippen molar-refractivity contribution in [1.29, 1.82) is 0 Å². The Morgan fingerprint density at radius 1 is 1.32 bits per heavy atom. The Morgan fingerprint density at radius 3 is 2.88 bits per heavy atom. The maximum atomic E-state index is 13.0. The first kappa shape index (κ1) is 15.9. The van der Waals surface area contributed by atoms with Crippen molar-refractivity contribution < 1.29 is 9.32 Å². The van der Waals surface area contributed by atoms with Crippen LogP contribution in [0.3, 0.4) is 0 Å².